The van der Waals surface area contributed by atoms with Crippen LogP contribution in [-0.4, -0.2) is 11.1 Å². The van der Waals surface area contributed by atoms with Crippen molar-refractivity contribution in [1.29, 1.82) is 0 Å². The van der Waals surface area contributed by atoms with Crippen LogP contribution in [0.25, 0.3) is 5.57 Å². The van der Waals surface area contributed by atoms with E-state index in [1.54, 1.807) is 0 Å². The first-order chi connectivity index (χ1) is 7.09. The van der Waals surface area contributed by atoms with Crippen LogP contribution in [0.4, 0.5) is 0 Å². The summed E-state index contributed by atoms with van der Waals surface area (Å²) >= 11 is 5.85. The number of hydrogen-bond donors (Lipinski definition) is 1. The van der Waals surface area contributed by atoms with Crippen molar-refractivity contribution in [3.8, 4) is 0 Å². The zero-order chi connectivity index (χ0) is 11.3. The molecule has 0 bridgehead atoms. The van der Waals surface area contributed by atoms with E-state index in [1.165, 1.54) is 0 Å². The average molecular weight is 225 g/mol. The highest BCUT2D eigenvalue weighted by Crippen LogP contribution is 2.18. The molecule has 1 aromatic carbocycles. The molecule has 2 nitrogen and oxygen atoms in total. The smallest absolute Gasteiger partial charge is 0.303 e. The first-order valence-corrected chi connectivity index (χ1v) is 5.12. The summed E-state index contributed by atoms with van der Waals surface area (Å²) in [7, 11) is 0. The van der Waals surface area contributed by atoms with Gasteiger partial charge in [0.2, 0.25) is 0 Å². The van der Waals surface area contributed by atoms with Gasteiger partial charge in [-0.3, -0.25) is 4.79 Å². The van der Waals surface area contributed by atoms with Gasteiger partial charge in [-0.25, -0.2) is 0 Å². The summed E-state index contributed by atoms with van der Waals surface area (Å²) in [6, 6.07) is 7.52. The molecule has 0 spiro atoms. The molecule has 1 N–H and O–H groups in total. The summed E-state index contributed by atoms with van der Waals surface area (Å²) in [5, 5.41) is 9.18. The maximum absolute atomic E-state index is 10.3. The maximum atomic E-state index is 10.3. The molecular formula is C12H13ClO2. The van der Waals surface area contributed by atoms with Crippen LogP contribution < -0.4 is 0 Å². The van der Waals surface area contributed by atoms with Gasteiger partial charge in [-0.05, 0) is 36.6 Å². The lowest BCUT2D eigenvalue weighted by Crippen LogP contribution is -1.92. The molecule has 0 amide bonds. The first-order valence-electron chi connectivity index (χ1n) is 4.74. The third kappa shape index (κ3) is 4.17. The zero-order valence-corrected chi connectivity index (χ0v) is 9.29. The normalized spacial score (nSPS) is 11.5. The Kier molecular flexibility index (Phi) is 4.37. The summed E-state index contributed by atoms with van der Waals surface area (Å²) in [5.74, 6) is -0.773. The van der Waals surface area contributed by atoms with Crippen LogP contribution in [0, 0.1) is 0 Å². The van der Waals surface area contributed by atoms with Gasteiger partial charge in [-0.2, -0.15) is 0 Å². The molecule has 0 heterocycles. The molecule has 0 saturated carbocycles. The van der Waals surface area contributed by atoms with Gasteiger partial charge in [0.25, 0.3) is 0 Å². The third-order valence-electron chi connectivity index (χ3n) is 2.09. The minimum Gasteiger partial charge on any atom is -0.481 e. The van der Waals surface area contributed by atoms with Crippen LogP contribution in [0.1, 0.15) is 25.3 Å². The van der Waals surface area contributed by atoms with E-state index in [9.17, 15) is 4.79 Å². The van der Waals surface area contributed by atoms with Crippen molar-refractivity contribution in [2.75, 3.05) is 0 Å². The van der Waals surface area contributed by atoms with Gasteiger partial charge in [0.05, 0.1) is 0 Å². The second-order valence-corrected chi connectivity index (χ2v) is 3.77. The monoisotopic (exact) mass is 224 g/mol. The van der Waals surface area contributed by atoms with Crippen molar-refractivity contribution in [3.05, 3.63) is 40.9 Å². The molecule has 0 saturated heterocycles. The Balaban J connectivity index is 2.67. The molecule has 1 rings (SSSR count). The largest absolute Gasteiger partial charge is 0.481 e. The number of rotatable bonds is 4. The van der Waals surface area contributed by atoms with Crippen LogP contribution >= 0.6 is 11.6 Å². The van der Waals surface area contributed by atoms with E-state index in [0.717, 1.165) is 11.1 Å². The Labute approximate surface area is 94.2 Å². The van der Waals surface area contributed by atoms with Crippen LogP contribution in [0.5, 0.6) is 0 Å². The molecule has 1 aromatic rings. The molecule has 0 fully saturated rings. The highest BCUT2D eigenvalue weighted by molar-refractivity contribution is 6.30. The molecule has 0 radical (unpaired) electrons. The van der Waals surface area contributed by atoms with Crippen molar-refractivity contribution >= 4 is 23.1 Å². The standard InChI is InChI=1S/C12H13ClO2/c1-9(4-2-7-12(14)15)10-5-3-6-11(13)8-10/h3-6,8H,2,7H2,1H3,(H,14,15)/b9-4+. The number of hydrogen-bond acceptors (Lipinski definition) is 1. The van der Waals surface area contributed by atoms with Gasteiger partial charge in [-0.15, -0.1) is 0 Å². The van der Waals surface area contributed by atoms with Gasteiger partial charge in [0, 0.05) is 11.4 Å². The van der Waals surface area contributed by atoms with Crippen LogP contribution in [0.2, 0.25) is 5.02 Å². The number of allylic oxidation sites excluding steroid dienone is 2. The number of aliphatic carboxylic acids is 1. The van der Waals surface area contributed by atoms with Crippen LogP contribution in [0.15, 0.2) is 30.3 Å². The number of benzene rings is 1. The molecule has 0 aliphatic carbocycles. The Morgan fingerprint density at radius 3 is 2.87 bits per heavy atom. The lowest BCUT2D eigenvalue weighted by atomic mass is 10.1. The van der Waals surface area contributed by atoms with Gasteiger partial charge < -0.3 is 5.11 Å². The van der Waals surface area contributed by atoms with Crippen molar-refractivity contribution in [3.63, 3.8) is 0 Å². The molecule has 0 aliphatic heterocycles. The van der Waals surface area contributed by atoms with Crippen molar-refractivity contribution in [2.45, 2.75) is 19.8 Å². The molecule has 0 atom stereocenters. The van der Waals surface area contributed by atoms with E-state index in [0.29, 0.717) is 11.4 Å². The van der Waals surface area contributed by atoms with E-state index < -0.39 is 5.97 Å². The van der Waals surface area contributed by atoms with E-state index in [2.05, 4.69) is 0 Å². The Morgan fingerprint density at radius 2 is 2.27 bits per heavy atom. The number of carbonyl (C=O) groups is 1. The third-order valence-corrected chi connectivity index (χ3v) is 2.32. The van der Waals surface area contributed by atoms with Crippen LogP contribution in [0.3, 0.4) is 0 Å². The molecule has 15 heavy (non-hydrogen) atoms. The van der Waals surface area contributed by atoms with Crippen molar-refractivity contribution < 1.29 is 9.90 Å². The Bertz CT molecular complexity index is 383. The van der Waals surface area contributed by atoms with E-state index in [-0.39, 0.29) is 6.42 Å². The van der Waals surface area contributed by atoms with Gasteiger partial charge in [0.15, 0.2) is 0 Å². The zero-order valence-electron chi connectivity index (χ0n) is 8.53. The second kappa shape index (κ2) is 5.56. The van der Waals surface area contributed by atoms with E-state index >= 15 is 0 Å². The van der Waals surface area contributed by atoms with Crippen LogP contribution in [-0.2, 0) is 4.79 Å². The minimum absolute atomic E-state index is 0.165. The fraction of sp³-hybridized carbons (Fsp3) is 0.250. The molecule has 0 aliphatic rings. The molecule has 0 unspecified atom stereocenters. The lowest BCUT2D eigenvalue weighted by molar-refractivity contribution is -0.136. The second-order valence-electron chi connectivity index (χ2n) is 3.33. The summed E-state index contributed by atoms with van der Waals surface area (Å²) in [6.07, 6.45) is 2.63. The number of carboxylic acid groups (broad SMARTS) is 1. The minimum atomic E-state index is -0.773. The number of carboxylic acids is 1. The lowest BCUT2D eigenvalue weighted by Gasteiger charge is -2.01. The predicted molar refractivity (Wildman–Crippen MR) is 62.0 cm³/mol. The fourth-order valence-electron chi connectivity index (χ4n) is 1.26. The number of halogens is 1. The predicted octanol–water partition coefficient (Wildman–Crippen LogP) is 3.61. The SMILES string of the molecule is C/C(=C\CCC(=O)O)c1cccc(Cl)c1. The summed E-state index contributed by atoms with van der Waals surface area (Å²) < 4.78 is 0. The molecule has 80 valence electrons. The van der Waals surface area contributed by atoms with E-state index in [1.807, 2.05) is 37.3 Å². The van der Waals surface area contributed by atoms with Crippen molar-refractivity contribution in [2.24, 2.45) is 0 Å². The highest BCUT2D eigenvalue weighted by atomic mass is 35.5. The highest BCUT2D eigenvalue weighted by Gasteiger charge is 1.98. The fourth-order valence-corrected chi connectivity index (χ4v) is 1.45. The van der Waals surface area contributed by atoms with E-state index in [4.69, 9.17) is 16.7 Å². The van der Waals surface area contributed by atoms with Gasteiger partial charge in [-0.1, -0.05) is 29.8 Å². The van der Waals surface area contributed by atoms with Crippen molar-refractivity contribution in [1.82, 2.24) is 0 Å². The average Bonchev–Trinajstić information content (AvgIpc) is 2.17. The maximum Gasteiger partial charge on any atom is 0.303 e. The summed E-state index contributed by atoms with van der Waals surface area (Å²) in [5.41, 5.74) is 2.09. The topological polar surface area (TPSA) is 37.3 Å². The molecule has 3 heteroatoms. The summed E-state index contributed by atoms with van der Waals surface area (Å²) in [6.45, 7) is 1.95. The summed E-state index contributed by atoms with van der Waals surface area (Å²) in [4.78, 5) is 10.3. The molecular weight excluding hydrogens is 212 g/mol. The van der Waals surface area contributed by atoms with Gasteiger partial charge in [0.1, 0.15) is 0 Å². The Morgan fingerprint density at radius 1 is 1.53 bits per heavy atom. The van der Waals surface area contributed by atoms with Gasteiger partial charge >= 0.3 is 5.97 Å². The molecule has 0 aromatic heterocycles. The quantitative estimate of drug-likeness (QED) is 0.849. The Hall–Kier alpha value is -1.28. The first kappa shape index (κ1) is 11.8.